The van der Waals surface area contributed by atoms with Crippen molar-refractivity contribution in [2.75, 3.05) is 13.7 Å². The van der Waals surface area contributed by atoms with Crippen LogP contribution >= 0.6 is 0 Å². The van der Waals surface area contributed by atoms with E-state index >= 15 is 0 Å². The number of hydrogen-bond donors (Lipinski definition) is 1. The molecule has 6 heteroatoms. The summed E-state index contributed by atoms with van der Waals surface area (Å²) in [5, 5.41) is 3.06. The zero-order valence-electron chi connectivity index (χ0n) is 17.2. The minimum Gasteiger partial charge on any atom is -0.492 e. The van der Waals surface area contributed by atoms with Gasteiger partial charge in [0, 0.05) is 42.1 Å². The zero-order valence-corrected chi connectivity index (χ0v) is 17.2. The molecular weight excluding hydrogens is 368 g/mol. The molecule has 2 aromatic rings. The fourth-order valence-electron chi connectivity index (χ4n) is 4.04. The van der Waals surface area contributed by atoms with Crippen molar-refractivity contribution >= 4 is 11.8 Å². The molecule has 1 N–H and O–H groups in total. The van der Waals surface area contributed by atoms with Crippen molar-refractivity contribution in [1.82, 2.24) is 10.2 Å². The maximum atomic E-state index is 12.9. The number of carbonyl (C=O) groups is 2. The van der Waals surface area contributed by atoms with Gasteiger partial charge in [0.05, 0.1) is 19.1 Å². The Morgan fingerprint density at radius 3 is 2.76 bits per heavy atom. The Balaban J connectivity index is 1.27. The fraction of sp³-hybridized carbons (Fsp3) is 0.478. The molecule has 2 amide bonds. The van der Waals surface area contributed by atoms with Crippen LogP contribution in [0.5, 0.6) is 5.75 Å². The molecule has 0 bridgehead atoms. The van der Waals surface area contributed by atoms with E-state index in [-0.39, 0.29) is 29.3 Å². The highest BCUT2D eigenvalue weighted by atomic mass is 16.5. The van der Waals surface area contributed by atoms with Crippen molar-refractivity contribution in [1.29, 1.82) is 0 Å². The lowest BCUT2D eigenvalue weighted by Crippen LogP contribution is -2.54. The van der Waals surface area contributed by atoms with E-state index in [1.807, 2.05) is 31.3 Å². The van der Waals surface area contributed by atoms with Gasteiger partial charge < -0.3 is 19.4 Å². The largest absolute Gasteiger partial charge is 0.492 e. The predicted octanol–water partition coefficient (Wildman–Crippen LogP) is 3.30. The highest BCUT2D eigenvalue weighted by molar-refractivity contribution is 5.95. The Hall–Kier alpha value is -2.76. The summed E-state index contributed by atoms with van der Waals surface area (Å²) in [5.74, 6) is 0.936. The second-order valence-electron chi connectivity index (χ2n) is 8.82. The van der Waals surface area contributed by atoms with Crippen molar-refractivity contribution < 1.29 is 18.7 Å². The van der Waals surface area contributed by atoms with Crippen molar-refractivity contribution in [3.63, 3.8) is 0 Å². The molecule has 2 aliphatic rings. The second kappa shape index (κ2) is 7.58. The van der Waals surface area contributed by atoms with E-state index in [1.54, 1.807) is 17.4 Å². The van der Waals surface area contributed by atoms with E-state index in [1.165, 1.54) is 0 Å². The van der Waals surface area contributed by atoms with Crippen LogP contribution in [0.15, 0.2) is 41.2 Å². The summed E-state index contributed by atoms with van der Waals surface area (Å²) in [4.78, 5) is 26.9. The molecular formula is C23H28N2O4. The molecule has 0 radical (unpaired) electrons. The van der Waals surface area contributed by atoms with Gasteiger partial charge in [-0.25, -0.2) is 0 Å². The Labute approximate surface area is 171 Å². The first kappa shape index (κ1) is 19.6. The third-order valence-corrected chi connectivity index (χ3v) is 6.11. The maximum absolute atomic E-state index is 12.9. The number of amides is 2. The van der Waals surface area contributed by atoms with Crippen LogP contribution in [-0.2, 0) is 16.6 Å². The van der Waals surface area contributed by atoms with E-state index < -0.39 is 0 Å². The highest BCUT2D eigenvalue weighted by Crippen LogP contribution is 2.39. The summed E-state index contributed by atoms with van der Waals surface area (Å²) < 4.78 is 10.7. The first-order chi connectivity index (χ1) is 13.8. The van der Waals surface area contributed by atoms with Gasteiger partial charge in [-0.1, -0.05) is 13.8 Å². The minimum atomic E-state index is -0.0769. The number of ether oxygens (including phenoxy) is 1. The van der Waals surface area contributed by atoms with Crippen LogP contribution in [0.2, 0.25) is 0 Å². The molecule has 0 atom stereocenters. The average Bonchev–Trinajstić information content (AvgIpc) is 3.29. The number of benzene rings is 1. The highest BCUT2D eigenvalue weighted by Gasteiger charge is 2.36. The second-order valence-corrected chi connectivity index (χ2v) is 8.82. The number of aryl methyl sites for hydroxylation is 1. The molecule has 0 unspecified atom stereocenters. The van der Waals surface area contributed by atoms with Crippen LogP contribution in [0.3, 0.4) is 0 Å². The summed E-state index contributed by atoms with van der Waals surface area (Å²) in [6.07, 6.45) is 5.99. The number of fused-ring (bicyclic) bond motifs is 1. The van der Waals surface area contributed by atoms with Gasteiger partial charge in [-0.15, -0.1) is 0 Å². The topological polar surface area (TPSA) is 71.8 Å². The molecule has 1 fully saturated rings. The van der Waals surface area contributed by atoms with Gasteiger partial charge in [0.25, 0.3) is 5.91 Å². The van der Waals surface area contributed by atoms with Gasteiger partial charge >= 0.3 is 0 Å². The Bertz CT molecular complexity index is 898. The van der Waals surface area contributed by atoms with E-state index in [4.69, 9.17) is 9.15 Å². The third kappa shape index (κ3) is 4.02. The Morgan fingerprint density at radius 1 is 1.24 bits per heavy atom. The van der Waals surface area contributed by atoms with Crippen molar-refractivity contribution in [2.24, 2.45) is 0 Å². The maximum Gasteiger partial charge on any atom is 0.253 e. The first-order valence-electron chi connectivity index (χ1n) is 10.2. The molecule has 2 heterocycles. The average molecular weight is 396 g/mol. The minimum absolute atomic E-state index is 0.0187. The van der Waals surface area contributed by atoms with Crippen molar-refractivity contribution in [3.05, 3.63) is 53.5 Å². The summed E-state index contributed by atoms with van der Waals surface area (Å²) in [6.45, 7) is 4.89. The fourth-order valence-corrected chi connectivity index (χ4v) is 4.04. The molecule has 1 aliphatic carbocycles. The monoisotopic (exact) mass is 396 g/mol. The van der Waals surface area contributed by atoms with Crippen molar-refractivity contribution in [2.45, 2.75) is 57.0 Å². The summed E-state index contributed by atoms with van der Waals surface area (Å²) in [6, 6.07) is 7.87. The first-order valence-corrected chi connectivity index (χ1v) is 10.2. The molecule has 154 valence electrons. The lowest BCUT2D eigenvalue weighted by Gasteiger charge is -2.41. The lowest BCUT2D eigenvalue weighted by atomic mass is 9.84. The van der Waals surface area contributed by atoms with Crippen molar-refractivity contribution in [3.8, 4) is 5.75 Å². The summed E-state index contributed by atoms with van der Waals surface area (Å²) in [7, 11) is 1.85. The molecule has 1 aromatic heterocycles. The van der Waals surface area contributed by atoms with Crippen LogP contribution in [0.1, 0.15) is 54.6 Å². The number of nitrogens with one attached hydrogen (secondary N) is 1. The molecule has 1 aromatic carbocycles. The van der Waals surface area contributed by atoms with Crippen LogP contribution in [0, 0.1) is 0 Å². The summed E-state index contributed by atoms with van der Waals surface area (Å²) >= 11 is 0. The van der Waals surface area contributed by atoms with E-state index in [0.29, 0.717) is 25.0 Å². The van der Waals surface area contributed by atoms with E-state index in [9.17, 15) is 9.59 Å². The van der Waals surface area contributed by atoms with Gasteiger partial charge in [0.15, 0.2) is 0 Å². The standard InChI is InChI=1S/C23H28N2O4/c1-23(2)14-29-20-6-5-16(10-19(20)23)22(27)25(3)18-11-17(12-18)24-21(26)7-4-15-8-9-28-13-15/h5-6,8-10,13,17-18H,4,7,11-12,14H2,1-3H3,(H,24,26). The number of hydrogen-bond acceptors (Lipinski definition) is 4. The molecule has 1 saturated carbocycles. The molecule has 4 rings (SSSR count). The Kier molecular flexibility index (Phi) is 5.11. The van der Waals surface area contributed by atoms with Gasteiger partial charge in [-0.05, 0) is 49.1 Å². The van der Waals surface area contributed by atoms with Crippen LogP contribution in [0.4, 0.5) is 0 Å². The molecule has 6 nitrogen and oxygen atoms in total. The molecule has 1 aliphatic heterocycles. The lowest BCUT2D eigenvalue weighted by molar-refractivity contribution is -0.122. The van der Waals surface area contributed by atoms with Gasteiger partial charge in [0.2, 0.25) is 5.91 Å². The number of carbonyl (C=O) groups excluding carboxylic acids is 2. The zero-order chi connectivity index (χ0) is 20.6. The SMILES string of the molecule is CN(C(=O)c1ccc2c(c1)C(C)(C)CO2)C1CC(NC(=O)CCc2ccoc2)C1. The third-order valence-electron chi connectivity index (χ3n) is 6.11. The van der Waals surface area contributed by atoms with Gasteiger partial charge in [-0.2, -0.15) is 0 Å². The molecule has 0 saturated heterocycles. The molecule has 29 heavy (non-hydrogen) atoms. The Morgan fingerprint density at radius 2 is 2.03 bits per heavy atom. The summed E-state index contributed by atoms with van der Waals surface area (Å²) in [5.41, 5.74) is 2.73. The van der Waals surface area contributed by atoms with Crippen LogP contribution in [0.25, 0.3) is 0 Å². The number of rotatable bonds is 6. The van der Waals surface area contributed by atoms with E-state index in [2.05, 4.69) is 19.2 Å². The number of furan rings is 1. The van der Waals surface area contributed by atoms with Crippen LogP contribution < -0.4 is 10.1 Å². The number of nitrogens with zero attached hydrogens (tertiary/aromatic N) is 1. The van der Waals surface area contributed by atoms with Gasteiger partial charge in [0.1, 0.15) is 5.75 Å². The quantitative estimate of drug-likeness (QED) is 0.813. The normalized spacial score (nSPS) is 21.6. The van der Waals surface area contributed by atoms with Crippen LogP contribution in [-0.4, -0.2) is 42.5 Å². The molecule has 0 spiro atoms. The van der Waals surface area contributed by atoms with E-state index in [0.717, 1.165) is 29.7 Å². The smallest absolute Gasteiger partial charge is 0.253 e. The predicted molar refractivity (Wildman–Crippen MR) is 109 cm³/mol. The van der Waals surface area contributed by atoms with Gasteiger partial charge in [-0.3, -0.25) is 9.59 Å².